The van der Waals surface area contributed by atoms with E-state index in [0.717, 1.165) is 0 Å². The SMILES string of the molecule is CC(C)(CN)C(=O)NCC(=O)NCC(=O)O. The van der Waals surface area contributed by atoms with Crippen molar-refractivity contribution in [3.8, 4) is 0 Å². The van der Waals surface area contributed by atoms with Crippen LogP contribution in [-0.4, -0.2) is 42.5 Å². The molecule has 0 aromatic carbocycles. The second-order valence-electron chi connectivity index (χ2n) is 3.94. The van der Waals surface area contributed by atoms with Gasteiger partial charge >= 0.3 is 5.97 Å². The van der Waals surface area contributed by atoms with Crippen LogP contribution in [0.2, 0.25) is 0 Å². The van der Waals surface area contributed by atoms with Gasteiger partial charge in [0.1, 0.15) is 6.54 Å². The minimum Gasteiger partial charge on any atom is -0.480 e. The van der Waals surface area contributed by atoms with Crippen LogP contribution in [-0.2, 0) is 14.4 Å². The van der Waals surface area contributed by atoms with Crippen molar-refractivity contribution in [2.75, 3.05) is 19.6 Å². The van der Waals surface area contributed by atoms with Crippen LogP contribution in [0.25, 0.3) is 0 Å². The minimum absolute atomic E-state index is 0.162. The van der Waals surface area contributed by atoms with E-state index in [1.54, 1.807) is 13.8 Å². The largest absolute Gasteiger partial charge is 0.480 e. The number of carbonyl (C=O) groups is 3. The topological polar surface area (TPSA) is 122 Å². The van der Waals surface area contributed by atoms with Crippen LogP contribution >= 0.6 is 0 Å². The Morgan fingerprint density at radius 2 is 1.75 bits per heavy atom. The van der Waals surface area contributed by atoms with Gasteiger partial charge in [-0.2, -0.15) is 0 Å². The molecule has 5 N–H and O–H groups in total. The number of rotatable bonds is 6. The van der Waals surface area contributed by atoms with Crippen LogP contribution in [0, 0.1) is 5.41 Å². The highest BCUT2D eigenvalue weighted by atomic mass is 16.4. The Morgan fingerprint density at radius 3 is 2.19 bits per heavy atom. The summed E-state index contributed by atoms with van der Waals surface area (Å²) in [6.45, 7) is 2.75. The summed E-state index contributed by atoms with van der Waals surface area (Å²) in [6.07, 6.45) is 0. The maximum absolute atomic E-state index is 11.5. The predicted octanol–water partition coefficient (Wildman–Crippen LogP) is -1.71. The van der Waals surface area contributed by atoms with Crippen LogP contribution in [0.3, 0.4) is 0 Å². The zero-order valence-corrected chi connectivity index (χ0v) is 9.37. The van der Waals surface area contributed by atoms with Crippen LogP contribution in [0.1, 0.15) is 13.8 Å². The Bertz CT molecular complexity index is 288. The second kappa shape index (κ2) is 6.06. The average molecular weight is 231 g/mol. The first-order valence-corrected chi connectivity index (χ1v) is 4.76. The van der Waals surface area contributed by atoms with E-state index in [2.05, 4.69) is 10.6 Å². The number of hydrogen-bond acceptors (Lipinski definition) is 4. The maximum atomic E-state index is 11.5. The maximum Gasteiger partial charge on any atom is 0.322 e. The van der Waals surface area contributed by atoms with E-state index in [9.17, 15) is 14.4 Å². The number of carboxylic acid groups (broad SMARTS) is 1. The van der Waals surface area contributed by atoms with E-state index in [-0.39, 0.29) is 19.0 Å². The first-order valence-electron chi connectivity index (χ1n) is 4.76. The molecule has 0 rings (SSSR count). The number of hydrogen-bond donors (Lipinski definition) is 4. The van der Waals surface area contributed by atoms with Crippen molar-refractivity contribution >= 4 is 17.8 Å². The van der Waals surface area contributed by atoms with Gasteiger partial charge in [-0.15, -0.1) is 0 Å². The third-order valence-electron chi connectivity index (χ3n) is 1.97. The van der Waals surface area contributed by atoms with Crippen LogP contribution in [0.15, 0.2) is 0 Å². The molecule has 0 radical (unpaired) electrons. The zero-order valence-electron chi connectivity index (χ0n) is 9.37. The Morgan fingerprint density at radius 1 is 1.19 bits per heavy atom. The Hall–Kier alpha value is -1.63. The van der Waals surface area contributed by atoms with E-state index < -0.39 is 23.8 Å². The van der Waals surface area contributed by atoms with Gasteiger partial charge in [0.25, 0.3) is 0 Å². The van der Waals surface area contributed by atoms with Crippen molar-refractivity contribution in [1.29, 1.82) is 0 Å². The summed E-state index contributed by atoms with van der Waals surface area (Å²) < 4.78 is 0. The van der Waals surface area contributed by atoms with E-state index in [4.69, 9.17) is 10.8 Å². The molecule has 0 aliphatic heterocycles. The van der Waals surface area contributed by atoms with Crippen molar-refractivity contribution in [3.05, 3.63) is 0 Å². The molecule has 0 aromatic rings. The van der Waals surface area contributed by atoms with E-state index in [0.29, 0.717) is 0 Å². The van der Waals surface area contributed by atoms with Gasteiger partial charge in [0.05, 0.1) is 12.0 Å². The monoisotopic (exact) mass is 231 g/mol. The number of carbonyl (C=O) groups excluding carboxylic acids is 2. The van der Waals surface area contributed by atoms with Crippen LogP contribution in [0.4, 0.5) is 0 Å². The molecule has 0 aliphatic rings. The highest BCUT2D eigenvalue weighted by Gasteiger charge is 2.25. The number of carboxylic acids is 1. The van der Waals surface area contributed by atoms with Crippen LogP contribution in [0.5, 0.6) is 0 Å². The van der Waals surface area contributed by atoms with Gasteiger partial charge in [0, 0.05) is 6.54 Å². The molecule has 7 heteroatoms. The summed E-state index contributed by atoms with van der Waals surface area (Å²) in [5.74, 6) is -2.04. The van der Waals surface area contributed by atoms with E-state index in [1.165, 1.54) is 0 Å². The lowest BCUT2D eigenvalue weighted by Gasteiger charge is -2.20. The molecular formula is C9H17N3O4. The molecule has 0 spiro atoms. The van der Waals surface area contributed by atoms with Crippen molar-refractivity contribution in [2.24, 2.45) is 11.1 Å². The lowest BCUT2D eigenvalue weighted by molar-refractivity contribution is -0.138. The minimum atomic E-state index is -1.14. The third kappa shape index (κ3) is 5.30. The predicted molar refractivity (Wildman–Crippen MR) is 56.5 cm³/mol. The summed E-state index contributed by atoms with van der Waals surface area (Å²) in [4.78, 5) is 32.6. The van der Waals surface area contributed by atoms with Gasteiger partial charge in [-0.1, -0.05) is 0 Å². The first kappa shape index (κ1) is 14.4. The van der Waals surface area contributed by atoms with E-state index >= 15 is 0 Å². The Kier molecular flexibility index (Phi) is 5.44. The number of amides is 2. The third-order valence-corrected chi connectivity index (χ3v) is 1.97. The molecule has 0 aliphatic carbocycles. The van der Waals surface area contributed by atoms with Crippen molar-refractivity contribution < 1.29 is 19.5 Å². The molecule has 0 saturated heterocycles. The van der Waals surface area contributed by atoms with Gasteiger partial charge in [0.2, 0.25) is 11.8 Å². The molecule has 0 bridgehead atoms. The summed E-state index contributed by atoms with van der Waals surface area (Å²) >= 11 is 0. The molecule has 7 nitrogen and oxygen atoms in total. The van der Waals surface area contributed by atoms with E-state index in [1.807, 2.05) is 0 Å². The lowest BCUT2D eigenvalue weighted by atomic mass is 9.93. The quantitative estimate of drug-likeness (QED) is 0.433. The number of nitrogens with two attached hydrogens (primary N) is 1. The standard InChI is InChI=1S/C9H17N3O4/c1-9(2,5-10)8(16)12-3-6(13)11-4-7(14)15/h3-5,10H2,1-2H3,(H,11,13)(H,12,16)(H,14,15). The molecule has 2 amide bonds. The highest BCUT2D eigenvalue weighted by molar-refractivity contribution is 5.88. The Balaban J connectivity index is 3.93. The fourth-order valence-corrected chi connectivity index (χ4v) is 0.729. The lowest BCUT2D eigenvalue weighted by Crippen LogP contribution is -2.46. The van der Waals surface area contributed by atoms with Crippen molar-refractivity contribution in [1.82, 2.24) is 10.6 Å². The molecule has 0 unspecified atom stereocenters. The van der Waals surface area contributed by atoms with Crippen molar-refractivity contribution in [3.63, 3.8) is 0 Å². The summed E-state index contributed by atoms with van der Waals surface area (Å²) in [5, 5.41) is 12.8. The van der Waals surface area contributed by atoms with Crippen LogP contribution < -0.4 is 16.4 Å². The molecular weight excluding hydrogens is 214 g/mol. The van der Waals surface area contributed by atoms with Gasteiger partial charge < -0.3 is 21.5 Å². The molecule has 92 valence electrons. The van der Waals surface area contributed by atoms with Crippen molar-refractivity contribution in [2.45, 2.75) is 13.8 Å². The molecule has 0 saturated carbocycles. The fraction of sp³-hybridized carbons (Fsp3) is 0.667. The smallest absolute Gasteiger partial charge is 0.322 e. The Labute approximate surface area is 93.4 Å². The van der Waals surface area contributed by atoms with Gasteiger partial charge in [-0.05, 0) is 13.8 Å². The number of nitrogens with one attached hydrogen (secondary N) is 2. The summed E-state index contributed by atoms with van der Waals surface area (Å²) in [7, 11) is 0. The zero-order chi connectivity index (χ0) is 12.8. The molecule has 0 atom stereocenters. The fourth-order valence-electron chi connectivity index (χ4n) is 0.729. The summed E-state index contributed by atoms with van der Waals surface area (Å²) in [6, 6.07) is 0. The second-order valence-corrected chi connectivity index (χ2v) is 3.94. The van der Waals surface area contributed by atoms with Gasteiger partial charge in [-0.3, -0.25) is 14.4 Å². The average Bonchev–Trinajstić information content (AvgIpc) is 2.22. The van der Waals surface area contributed by atoms with Gasteiger partial charge in [0.15, 0.2) is 0 Å². The number of aliphatic carboxylic acids is 1. The molecule has 16 heavy (non-hydrogen) atoms. The van der Waals surface area contributed by atoms with Gasteiger partial charge in [-0.25, -0.2) is 0 Å². The molecule has 0 aromatic heterocycles. The highest BCUT2D eigenvalue weighted by Crippen LogP contribution is 2.11. The molecule has 0 fully saturated rings. The normalized spacial score (nSPS) is 10.7. The first-order chi connectivity index (χ1) is 7.29. The molecule has 0 heterocycles. The summed E-state index contributed by atoms with van der Waals surface area (Å²) in [5.41, 5.74) is 4.63.